The molecule has 1 amide bonds. The average Bonchev–Trinajstić information content (AvgIpc) is 2.94. The monoisotopic (exact) mass is 416 g/mol. The van der Waals surface area contributed by atoms with E-state index in [2.05, 4.69) is 10.1 Å². The molecule has 0 atom stereocenters. The van der Waals surface area contributed by atoms with Gasteiger partial charge in [0.2, 0.25) is 5.89 Å². The van der Waals surface area contributed by atoms with Gasteiger partial charge in [0.05, 0.1) is 17.0 Å². The number of nitrogens with zero attached hydrogens (tertiary/aromatic N) is 4. The number of amides is 1. The van der Waals surface area contributed by atoms with Crippen LogP contribution in [0.15, 0.2) is 22.7 Å². The van der Waals surface area contributed by atoms with Crippen molar-refractivity contribution in [3.8, 4) is 0 Å². The lowest BCUT2D eigenvalue weighted by molar-refractivity contribution is -0.384. The summed E-state index contributed by atoms with van der Waals surface area (Å²) < 4.78 is 5.68. The number of aromatic nitrogens is 2. The van der Waals surface area contributed by atoms with Gasteiger partial charge < -0.3 is 9.42 Å². The van der Waals surface area contributed by atoms with Crippen molar-refractivity contribution < 1.29 is 14.2 Å². The third-order valence-electron chi connectivity index (χ3n) is 2.94. The summed E-state index contributed by atoms with van der Waals surface area (Å²) in [4.78, 5) is 28.2. The van der Waals surface area contributed by atoms with Gasteiger partial charge in [0, 0.05) is 29.2 Å². The highest BCUT2D eigenvalue weighted by Crippen LogP contribution is 2.21. The molecule has 0 saturated carbocycles. The lowest BCUT2D eigenvalue weighted by Gasteiger charge is -2.15. The molecule has 0 fully saturated rings. The van der Waals surface area contributed by atoms with E-state index >= 15 is 0 Å². The Morgan fingerprint density at radius 3 is 2.82 bits per heavy atom. The van der Waals surface area contributed by atoms with Gasteiger partial charge in [-0.25, -0.2) is 0 Å². The molecule has 2 rings (SSSR count). The van der Waals surface area contributed by atoms with Gasteiger partial charge in [-0.3, -0.25) is 14.9 Å². The SMILES string of the molecule is CCc1noc(CN(C)C(=O)c2cc([N+](=O)[O-])ccc2I)n1. The average molecular weight is 416 g/mol. The normalized spacial score (nSPS) is 10.5. The fourth-order valence-corrected chi connectivity index (χ4v) is 2.34. The number of nitro groups is 1. The maximum Gasteiger partial charge on any atom is 0.270 e. The molecule has 0 aliphatic heterocycles. The van der Waals surface area contributed by atoms with Crippen LogP contribution in [0.3, 0.4) is 0 Å². The Kier molecular flexibility index (Phi) is 5.06. The predicted octanol–water partition coefficient (Wildman–Crippen LogP) is 2.42. The summed E-state index contributed by atoms with van der Waals surface area (Å²) >= 11 is 1.97. The summed E-state index contributed by atoms with van der Waals surface area (Å²) in [5.74, 6) is 0.554. The molecule has 0 aliphatic carbocycles. The van der Waals surface area contributed by atoms with E-state index in [-0.39, 0.29) is 23.7 Å². The molecule has 9 heteroatoms. The molecule has 0 N–H and O–H groups in total. The number of non-ortho nitro benzene ring substituents is 1. The van der Waals surface area contributed by atoms with Crippen LogP contribution >= 0.6 is 22.6 Å². The molecule has 1 aromatic carbocycles. The van der Waals surface area contributed by atoms with E-state index < -0.39 is 4.92 Å². The second kappa shape index (κ2) is 6.81. The number of hydrogen-bond acceptors (Lipinski definition) is 6. The van der Waals surface area contributed by atoms with Crippen molar-refractivity contribution in [3.63, 3.8) is 0 Å². The number of halogens is 1. The first-order valence-electron chi connectivity index (χ1n) is 6.43. The molecule has 0 saturated heterocycles. The van der Waals surface area contributed by atoms with Gasteiger partial charge >= 0.3 is 0 Å². The van der Waals surface area contributed by atoms with Gasteiger partial charge in [0.1, 0.15) is 0 Å². The van der Waals surface area contributed by atoms with Crippen LogP contribution in [0, 0.1) is 13.7 Å². The zero-order valence-electron chi connectivity index (χ0n) is 11.9. The second-order valence-electron chi connectivity index (χ2n) is 4.54. The Morgan fingerprint density at radius 1 is 1.50 bits per heavy atom. The van der Waals surface area contributed by atoms with Crippen molar-refractivity contribution in [2.24, 2.45) is 0 Å². The first-order valence-corrected chi connectivity index (χ1v) is 7.51. The van der Waals surface area contributed by atoms with Crippen LogP contribution in [-0.4, -0.2) is 32.9 Å². The van der Waals surface area contributed by atoms with Crippen LogP contribution < -0.4 is 0 Å². The quantitative estimate of drug-likeness (QED) is 0.422. The van der Waals surface area contributed by atoms with Crippen molar-refractivity contribution in [2.45, 2.75) is 19.9 Å². The van der Waals surface area contributed by atoms with Gasteiger partial charge in [-0.1, -0.05) is 12.1 Å². The minimum absolute atomic E-state index is 0.122. The first-order chi connectivity index (χ1) is 10.4. The van der Waals surface area contributed by atoms with Crippen LogP contribution in [-0.2, 0) is 13.0 Å². The lowest BCUT2D eigenvalue weighted by atomic mass is 10.2. The second-order valence-corrected chi connectivity index (χ2v) is 5.70. The van der Waals surface area contributed by atoms with Gasteiger partial charge in [-0.05, 0) is 28.7 Å². The van der Waals surface area contributed by atoms with Gasteiger partial charge in [0.25, 0.3) is 11.6 Å². The first kappa shape index (κ1) is 16.3. The predicted molar refractivity (Wildman–Crippen MR) is 85.3 cm³/mol. The number of rotatable bonds is 5. The number of carbonyl (C=O) groups excluding carboxylic acids is 1. The van der Waals surface area contributed by atoms with Crippen molar-refractivity contribution in [1.29, 1.82) is 0 Å². The zero-order chi connectivity index (χ0) is 16.3. The molecule has 0 spiro atoms. The molecule has 0 aliphatic rings. The molecule has 0 bridgehead atoms. The molecule has 0 radical (unpaired) electrons. The topological polar surface area (TPSA) is 102 Å². The van der Waals surface area contributed by atoms with E-state index in [0.29, 0.717) is 21.7 Å². The van der Waals surface area contributed by atoms with Gasteiger partial charge in [-0.2, -0.15) is 4.98 Å². The third kappa shape index (κ3) is 3.59. The highest BCUT2D eigenvalue weighted by molar-refractivity contribution is 14.1. The fraction of sp³-hybridized carbons (Fsp3) is 0.308. The maximum atomic E-state index is 12.4. The Labute approximate surface area is 139 Å². The van der Waals surface area contributed by atoms with E-state index in [1.54, 1.807) is 13.1 Å². The van der Waals surface area contributed by atoms with Crippen LogP contribution in [0.1, 0.15) is 29.0 Å². The van der Waals surface area contributed by atoms with E-state index in [4.69, 9.17) is 4.52 Å². The lowest BCUT2D eigenvalue weighted by Crippen LogP contribution is -2.27. The zero-order valence-corrected chi connectivity index (χ0v) is 14.1. The minimum Gasteiger partial charge on any atom is -0.337 e. The molecule has 1 heterocycles. The van der Waals surface area contributed by atoms with Crippen LogP contribution in [0.4, 0.5) is 5.69 Å². The van der Waals surface area contributed by atoms with Crippen LogP contribution in [0.5, 0.6) is 0 Å². The molecular weight excluding hydrogens is 403 g/mol. The molecule has 8 nitrogen and oxygen atoms in total. The minimum atomic E-state index is -0.529. The van der Waals surface area contributed by atoms with Crippen molar-refractivity contribution in [1.82, 2.24) is 15.0 Å². The summed E-state index contributed by atoms with van der Waals surface area (Å²) in [5, 5.41) is 14.6. The van der Waals surface area contributed by atoms with Crippen molar-refractivity contribution in [2.75, 3.05) is 7.05 Å². The smallest absolute Gasteiger partial charge is 0.270 e. The van der Waals surface area contributed by atoms with Crippen molar-refractivity contribution >= 4 is 34.2 Å². The Morgan fingerprint density at radius 2 is 2.23 bits per heavy atom. The molecule has 116 valence electrons. The van der Waals surface area contributed by atoms with E-state index in [0.717, 1.165) is 0 Å². The largest absolute Gasteiger partial charge is 0.337 e. The fourth-order valence-electron chi connectivity index (χ4n) is 1.77. The van der Waals surface area contributed by atoms with Gasteiger partial charge in [0.15, 0.2) is 5.82 Å². The summed E-state index contributed by atoms with van der Waals surface area (Å²) in [6.45, 7) is 2.04. The molecule has 1 aromatic heterocycles. The number of hydrogen-bond donors (Lipinski definition) is 0. The van der Waals surface area contributed by atoms with E-state index in [9.17, 15) is 14.9 Å². The molecule has 2 aromatic rings. The Hall–Kier alpha value is -2.04. The number of aryl methyl sites for hydroxylation is 1. The summed E-state index contributed by atoms with van der Waals surface area (Å²) in [6.07, 6.45) is 0.643. The van der Waals surface area contributed by atoms with E-state index in [1.165, 1.54) is 17.0 Å². The number of carbonyl (C=O) groups is 1. The summed E-state index contributed by atoms with van der Waals surface area (Å²) in [5.41, 5.74) is 0.149. The highest BCUT2D eigenvalue weighted by Gasteiger charge is 2.20. The number of nitro benzene ring substituents is 1. The Bertz CT molecular complexity index is 716. The Balaban J connectivity index is 2.19. The van der Waals surface area contributed by atoms with Crippen LogP contribution in [0.2, 0.25) is 0 Å². The molecule has 22 heavy (non-hydrogen) atoms. The van der Waals surface area contributed by atoms with Crippen molar-refractivity contribution in [3.05, 3.63) is 49.2 Å². The molecular formula is C13H13IN4O4. The van der Waals surface area contributed by atoms with E-state index in [1.807, 2.05) is 29.5 Å². The standard InChI is InChI=1S/C13H13IN4O4/c1-3-11-15-12(22-16-11)7-17(2)13(19)9-6-8(18(20)21)4-5-10(9)14/h4-6H,3,7H2,1-2H3. The maximum absolute atomic E-state index is 12.4. The number of benzene rings is 1. The molecule has 0 unspecified atom stereocenters. The van der Waals surface area contributed by atoms with Crippen LogP contribution in [0.25, 0.3) is 0 Å². The summed E-state index contributed by atoms with van der Waals surface area (Å²) in [6, 6.07) is 4.18. The van der Waals surface area contributed by atoms with Gasteiger partial charge in [-0.15, -0.1) is 0 Å². The highest BCUT2D eigenvalue weighted by atomic mass is 127. The third-order valence-corrected chi connectivity index (χ3v) is 3.88. The summed E-state index contributed by atoms with van der Waals surface area (Å²) in [7, 11) is 1.58.